The van der Waals surface area contributed by atoms with E-state index in [-0.39, 0.29) is 17.7 Å². The van der Waals surface area contributed by atoms with E-state index in [1.54, 1.807) is 34.9 Å². The van der Waals surface area contributed by atoms with Crippen molar-refractivity contribution in [3.63, 3.8) is 0 Å². The summed E-state index contributed by atoms with van der Waals surface area (Å²) in [6.45, 7) is 5.44. The zero-order chi connectivity index (χ0) is 12.2. The molecule has 5 heteroatoms. The molecule has 88 valence electrons. The van der Waals surface area contributed by atoms with E-state index in [1.807, 2.05) is 0 Å². The van der Waals surface area contributed by atoms with Crippen LogP contribution in [0, 0.1) is 5.92 Å². The van der Waals surface area contributed by atoms with E-state index in [9.17, 15) is 9.59 Å². The molecule has 0 bridgehead atoms. The third-order valence-corrected chi connectivity index (χ3v) is 2.14. The van der Waals surface area contributed by atoms with E-state index in [0.29, 0.717) is 6.54 Å². The van der Waals surface area contributed by atoms with Crippen molar-refractivity contribution >= 4 is 11.8 Å². The molecule has 1 unspecified atom stereocenters. The highest BCUT2D eigenvalue weighted by molar-refractivity contribution is 5.86. The van der Waals surface area contributed by atoms with Crippen LogP contribution in [0.4, 0.5) is 0 Å². The molecule has 0 rings (SSSR count). The number of nitrogens with two attached hydrogens (primary N) is 1. The maximum atomic E-state index is 11.7. The molecule has 0 saturated heterocycles. The lowest BCUT2D eigenvalue weighted by Gasteiger charge is -2.27. The molecule has 0 aromatic carbocycles. The van der Waals surface area contributed by atoms with Gasteiger partial charge in [-0.1, -0.05) is 6.92 Å². The van der Waals surface area contributed by atoms with Crippen LogP contribution in [0.15, 0.2) is 0 Å². The van der Waals surface area contributed by atoms with Gasteiger partial charge in [0.1, 0.15) is 0 Å². The average Bonchev–Trinajstić information content (AvgIpc) is 2.13. The zero-order valence-corrected chi connectivity index (χ0v) is 10.1. The van der Waals surface area contributed by atoms with Crippen molar-refractivity contribution in [2.24, 2.45) is 11.7 Å². The van der Waals surface area contributed by atoms with E-state index < -0.39 is 5.54 Å². The number of carbonyl (C=O) groups excluding carboxylic acids is 2. The topological polar surface area (TPSA) is 75.4 Å². The summed E-state index contributed by atoms with van der Waals surface area (Å²) in [6.07, 6.45) is 0. The number of nitrogens with one attached hydrogen (secondary N) is 1. The number of nitrogens with zero attached hydrogens (tertiary/aromatic N) is 1. The lowest BCUT2D eigenvalue weighted by atomic mass is 10.0. The lowest BCUT2D eigenvalue weighted by molar-refractivity contribution is -0.136. The molecule has 1 atom stereocenters. The van der Waals surface area contributed by atoms with Gasteiger partial charge in [0, 0.05) is 20.6 Å². The molecule has 0 saturated carbocycles. The van der Waals surface area contributed by atoms with Crippen molar-refractivity contribution in [1.82, 2.24) is 10.2 Å². The fraction of sp³-hybridized carbons (Fsp3) is 0.800. The van der Waals surface area contributed by atoms with Crippen molar-refractivity contribution in [2.45, 2.75) is 26.3 Å². The summed E-state index contributed by atoms with van der Waals surface area (Å²) in [4.78, 5) is 24.4. The van der Waals surface area contributed by atoms with Gasteiger partial charge < -0.3 is 16.0 Å². The Hall–Kier alpha value is -1.10. The number of likely N-dealkylation sites (N-methyl/N-ethyl adjacent to an activating group) is 1. The van der Waals surface area contributed by atoms with Crippen LogP contribution in [0.3, 0.4) is 0 Å². The van der Waals surface area contributed by atoms with Crippen molar-refractivity contribution in [2.75, 3.05) is 20.6 Å². The maximum Gasteiger partial charge on any atom is 0.241 e. The minimum absolute atomic E-state index is 0.0792. The minimum Gasteiger partial charge on any atom is -0.359 e. The van der Waals surface area contributed by atoms with Gasteiger partial charge in [0.2, 0.25) is 11.8 Å². The molecule has 3 N–H and O–H groups in total. The Morgan fingerprint density at radius 2 is 1.93 bits per heavy atom. The van der Waals surface area contributed by atoms with Gasteiger partial charge in [-0.15, -0.1) is 0 Å². The van der Waals surface area contributed by atoms with Gasteiger partial charge in [-0.2, -0.15) is 0 Å². The zero-order valence-electron chi connectivity index (χ0n) is 10.1. The maximum absolute atomic E-state index is 11.7. The largest absolute Gasteiger partial charge is 0.359 e. The normalized spacial score (nSPS) is 13.2. The summed E-state index contributed by atoms with van der Waals surface area (Å²) in [5.41, 5.74) is 4.78. The number of hydrogen-bond acceptors (Lipinski definition) is 3. The van der Waals surface area contributed by atoms with E-state index in [0.717, 1.165) is 0 Å². The summed E-state index contributed by atoms with van der Waals surface area (Å²) in [5, 5.41) is 2.54. The SMILES string of the molecule is CNC(=O)C(C)CN(C)C(=O)C(C)(C)N. The molecule has 0 aromatic heterocycles. The van der Waals surface area contributed by atoms with Gasteiger partial charge in [-0.05, 0) is 13.8 Å². The predicted molar refractivity (Wildman–Crippen MR) is 59.1 cm³/mol. The third-order valence-electron chi connectivity index (χ3n) is 2.14. The van der Waals surface area contributed by atoms with Gasteiger partial charge in [0.15, 0.2) is 0 Å². The summed E-state index contributed by atoms with van der Waals surface area (Å²) in [5.74, 6) is -0.478. The van der Waals surface area contributed by atoms with Crippen LogP contribution in [-0.4, -0.2) is 42.9 Å². The monoisotopic (exact) mass is 215 g/mol. The molecular weight excluding hydrogens is 194 g/mol. The molecule has 0 spiro atoms. The highest BCUT2D eigenvalue weighted by atomic mass is 16.2. The standard InChI is InChI=1S/C10H21N3O2/c1-7(8(14)12-4)6-13(5)9(15)10(2,3)11/h7H,6,11H2,1-5H3,(H,12,14). The Morgan fingerprint density at radius 1 is 1.47 bits per heavy atom. The molecule has 2 amide bonds. The van der Waals surface area contributed by atoms with Crippen LogP contribution in [-0.2, 0) is 9.59 Å². The van der Waals surface area contributed by atoms with Gasteiger partial charge >= 0.3 is 0 Å². The van der Waals surface area contributed by atoms with E-state index >= 15 is 0 Å². The minimum atomic E-state index is -0.892. The summed E-state index contributed by atoms with van der Waals surface area (Å²) in [6, 6.07) is 0. The number of amides is 2. The second-order valence-corrected chi connectivity index (χ2v) is 4.42. The van der Waals surface area contributed by atoms with Crippen LogP contribution < -0.4 is 11.1 Å². The highest BCUT2D eigenvalue weighted by Gasteiger charge is 2.27. The molecule has 15 heavy (non-hydrogen) atoms. The van der Waals surface area contributed by atoms with Crippen molar-refractivity contribution < 1.29 is 9.59 Å². The predicted octanol–water partition coefficient (Wildman–Crippen LogP) is -0.436. The highest BCUT2D eigenvalue weighted by Crippen LogP contribution is 2.05. The van der Waals surface area contributed by atoms with Crippen LogP contribution in [0.25, 0.3) is 0 Å². The molecule has 0 aliphatic carbocycles. The molecule has 0 aliphatic rings. The second-order valence-electron chi connectivity index (χ2n) is 4.42. The second kappa shape index (κ2) is 5.11. The third kappa shape index (κ3) is 4.29. The Labute approximate surface area is 91.0 Å². The van der Waals surface area contributed by atoms with Gasteiger partial charge in [0.05, 0.1) is 11.5 Å². The molecule has 5 nitrogen and oxygen atoms in total. The number of hydrogen-bond donors (Lipinski definition) is 2. The Bertz CT molecular complexity index is 246. The number of carbonyl (C=O) groups is 2. The van der Waals surface area contributed by atoms with Crippen molar-refractivity contribution in [3.8, 4) is 0 Å². The Balaban J connectivity index is 4.32. The Morgan fingerprint density at radius 3 is 2.27 bits per heavy atom. The van der Waals surface area contributed by atoms with Crippen LogP contribution in [0.5, 0.6) is 0 Å². The van der Waals surface area contributed by atoms with Crippen LogP contribution in [0.2, 0.25) is 0 Å². The molecule has 0 aromatic rings. The molecule has 0 heterocycles. The van der Waals surface area contributed by atoms with E-state index in [4.69, 9.17) is 5.73 Å². The van der Waals surface area contributed by atoms with Crippen molar-refractivity contribution in [3.05, 3.63) is 0 Å². The molecule has 0 aliphatic heterocycles. The smallest absolute Gasteiger partial charge is 0.241 e. The first-order valence-corrected chi connectivity index (χ1v) is 4.96. The lowest BCUT2D eigenvalue weighted by Crippen LogP contribution is -2.51. The average molecular weight is 215 g/mol. The first kappa shape index (κ1) is 13.9. The molecule has 0 fully saturated rings. The Kier molecular flexibility index (Phi) is 4.74. The van der Waals surface area contributed by atoms with Gasteiger partial charge in [0.25, 0.3) is 0 Å². The molecular formula is C10H21N3O2. The fourth-order valence-corrected chi connectivity index (χ4v) is 1.31. The van der Waals surface area contributed by atoms with E-state index in [2.05, 4.69) is 5.32 Å². The molecule has 0 radical (unpaired) electrons. The fourth-order valence-electron chi connectivity index (χ4n) is 1.31. The summed E-state index contributed by atoms with van der Waals surface area (Å²) < 4.78 is 0. The van der Waals surface area contributed by atoms with Crippen molar-refractivity contribution in [1.29, 1.82) is 0 Å². The van der Waals surface area contributed by atoms with E-state index in [1.165, 1.54) is 4.90 Å². The summed E-state index contributed by atoms with van der Waals surface area (Å²) in [7, 11) is 3.23. The van der Waals surface area contributed by atoms with Crippen LogP contribution >= 0.6 is 0 Å². The van der Waals surface area contributed by atoms with Crippen LogP contribution in [0.1, 0.15) is 20.8 Å². The quantitative estimate of drug-likeness (QED) is 0.668. The van der Waals surface area contributed by atoms with Gasteiger partial charge in [-0.25, -0.2) is 0 Å². The first-order valence-electron chi connectivity index (χ1n) is 4.96. The van der Waals surface area contributed by atoms with Gasteiger partial charge in [-0.3, -0.25) is 9.59 Å². The number of rotatable bonds is 4. The first-order chi connectivity index (χ1) is 6.70. The summed E-state index contributed by atoms with van der Waals surface area (Å²) >= 11 is 0.